The zero-order valence-corrected chi connectivity index (χ0v) is 10.4. The zero-order valence-electron chi connectivity index (χ0n) is 9.54. The van der Waals surface area contributed by atoms with E-state index in [0.29, 0.717) is 13.2 Å². The van der Waals surface area contributed by atoms with Crippen LogP contribution in [0.4, 0.5) is 0 Å². The lowest BCUT2D eigenvalue weighted by molar-refractivity contribution is 0.0305. The number of nitriles is 1. The van der Waals surface area contributed by atoms with Crippen LogP contribution >= 0.6 is 0 Å². The molecule has 0 bridgehead atoms. The molecule has 17 heavy (non-hydrogen) atoms. The Morgan fingerprint density at radius 2 is 2.18 bits per heavy atom. The third-order valence-corrected chi connectivity index (χ3v) is 4.90. The molecule has 0 saturated carbocycles. The van der Waals surface area contributed by atoms with Crippen molar-refractivity contribution in [3.05, 3.63) is 0 Å². The Balaban J connectivity index is 1.97. The third kappa shape index (κ3) is 3.16. The van der Waals surface area contributed by atoms with Crippen LogP contribution in [0.15, 0.2) is 0 Å². The van der Waals surface area contributed by atoms with E-state index in [1.54, 1.807) is 0 Å². The second kappa shape index (κ2) is 5.31. The summed E-state index contributed by atoms with van der Waals surface area (Å²) < 4.78 is 36.0. The van der Waals surface area contributed by atoms with Crippen LogP contribution in [0.3, 0.4) is 0 Å². The Hall–Kier alpha value is -0.680. The van der Waals surface area contributed by atoms with Crippen LogP contribution in [0.25, 0.3) is 0 Å². The van der Waals surface area contributed by atoms with Crippen LogP contribution in [0.2, 0.25) is 0 Å². The summed E-state index contributed by atoms with van der Waals surface area (Å²) in [6, 6.07) is 1.94. The van der Waals surface area contributed by atoms with E-state index in [1.165, 1.54) is 4.31 Å². The summed E-state index contributed by atoms with van der Waals surface area (Å²) >= 11 is 0. The maximum Gasteiger partial charge on any atom is 0.216 e. The Morgan fingerprint density at radius 3 is 2.82 bits per heavy atom. The van der Waals surface area contributed by atoms with E-state index in [9.17, 15) is 8.42 Å². The molecule has 0 aliphatic carbocycles. The lowest BCUT2D eigenvalue weighted by Gasteiger charge is -2.29. The number of rotatable bonds is 3. The van der Waals surface area contributed by atoms with Gasteiger partial charge in [-0.3, -0.25) is 0 Å². The summed E-state index contributed by atoms with van der Waals surface area (Å²) in [6.45, 7) is 1.38. The maximum absolute atomic E-state index is 12.1. The molecule has 0 amide bonds. The zero-order chi connectivity index (χ0) is 12.3. The van der Waals surface area contributed by atoms with Gasteiger partial charge in [0.2, 0.25) is 10.0 Å². The SMILES string of the molecule is N#CC1CN(S(=O)(=O)CC2CCCO2)CCO1. The second-order valence-corrected chi connectivity index (χ2v) is 6.27. The molecule has 2 rings (SSSR count). The van der Waals surface area contributed by atoms with Gasteiger partial charge in [-0.2, -0.15) is 9.57 Å². The summed E-state index contributed by atoms with van der Waals surface area (Å²) in [5.41, 5.74) is 0. The first-order valence-corrected chi connectivity index (χ1v) is 7.33. The lowest BCUT2D eigenvalue weighted by Crippen LogP contribution is -2.47. The van der Waals surface area contributed by atoms with Gasteiger partial charge in [-0.15, -0.1) is 0 Å². The molecule has 0 spiro atoms. The number of ether oxygens (including phenoxy) is 2. The number of hydrogen-bond acceptors (Lipinski definition) is 5. The molecule has 2 aliphatic heterocycles. The molecule has 2 heterocycles. The van der Waals surface area contributed by atoms with Crippen molar-refractivity contribution in [1.82, 2.24) is 4.31 Å². The molecule has 0 aromatic heterocycles. The molecule has 0 radical (unpaired) electrons. The van der Waals surface area contributed by atoms with Gasteiger partial charge in [-0.1, -0.05) is 0 Å². The molecule has 2 fully saturated rings. The van der Waals surface area contributed by atoms with Gasteiger partial charge in [0.1, 0.15) is 0 Å². The highest BCUT2D eigenvalue weighted by atomic mass is 32.2. The average Bonchev–Trinajstić information content (AvgIpc) is 2.81. The van der Waals surface area contributed by atoms with Gasteiger partial charge in [-0.25, -0.2) is 8.42 Å². The third-order valence-electron chi connectivity index (χ3n) is 2.99. The van der Waals surface area contributed by atoms with Crippen molar-refractivity contribution in [2.24, 2.45) is 0 Å². The molecular weight excluding hydrogens is 244 g/mol. The van der Waals surface area contributed by atoms with Gasteiger partial charge >= 0.3 is 0 Å². The molecule has 0 N–H and O–H groups in total. The van der Waals surface area contributed by atoms with Crippen molar-refractivity contribution >= 4 is 10.0 Å². The molecule has 96 valence electrons. The normalized spacial score (nSPS) is 31.2. The van der Waals surface area contributed by atoms with Crippen molar-refractivity contribution in [2.45, 2.75) is 25.0 Å². The average molecular weight is 260 g/mol. The molecule has 0 aromatic rings. The minimum absolute atomic E-state index is 0.0190. The highest BCUT2D eigenvalue weighted by Gasteiger charge is 2.32. The summed E-state index contributed by atoms with van der Waals surface area (Å²) in [5.74, 6) is 0.0190. The van der Waals surface area contributed by atoms with Crippen molar-refractivity contribution in [1.29, 1.82) is 5.26 Å². The second-order valence-electron chi connectivity index (χ2n) is 4.26. The minimum Gasteiger partial charge on any atom is -0.377 e. The molecule has 2 saturated heterocycles. The van der Waals surface area contributed by atoms with Gasteiger partial charge < -0.3 is 9.47 Å². The Bertz CT molecular complexity index is 397. The summed E-state index contributed by atoms with van der Waals surface area (Å²) in [6.07, 6.45) is 0.876. The quantitative estimate of drug-likeness (QED) is 0.697. The summed E-state index contributed by atoms with van der Waals surface area (Å²) in [4.78, 5) is 0. The number of nitrogens with zero attached hydrogens (tertiary/aromatic N) is 2. The van der Waals surface area contributed by atoms with Gasteiger partial charge in [0.15, 0.2) is 6.10 Å². The largest absolute Gasteiger partial charge is 0.377 e. The maximum atomic E-state index is 12.1. The van der Waals surface area contributed by atoms with Crippen LogP contribution < -0.4 is 0 Å². The number of sulfonamides is 1. The van der Waals surface area contributed by atoms with Crippen LogP contribution in [0.5, 0.6) is 0 Å². The van der Waals surface area contributed by atoms with Crippen LogP contribution in [-0.2, 0) is 19.5 Å². The topological polar surface area (TPSA) is 79.6 Å². The Kier molecular flexibility index (Phi) is 3.99. The molecule has 0 aromatic carbocycles. The smallest absolute Gasteiger partial charge is 0.216 e. The standard InChI is InChI=1S/C10H16N2O4S/c11-6-10-7-12(3-5-16-10)17(13,14)8-9-2-1-4-15-9/h9-10H,1-5,7-8H2. The molecule has 7 heteroatoms. The molecule has 6 nitrogen and oxygen atoms in total. The fourth-order valence-electron chi connectivity index (χ4n) is 2.07. The van der Waals surface area contributed by atoms with Gasteiger partial charge in [0, 0.05) is 13.2 Å². The molecule has 2 atom stereocenters. The van der Waals surface area contributed by atoms with Gasteiger partial charge in [0.05, 0.1) is 31.1 Å². The van der Waals surface area contributed by atoms with Gasteiger partial charge in [-0.05, 0) is 12.8 Å². The molecular formula is C10H16N2O4S. The summed E-state index contributed by atoms with van der Waals surface area (Å²) in [5, 5.41) is 8.74. The van der Waals surface area contributed by atoms with Crippen molar-refractivity contribution < 1.29 is 17.9 Å². The van der Waals surface area contributed by atoms with E-state index in [4.69, 9.17) is 14.7 Å². The first-order valence-electron chi connectivity index (χ1n) is 5.72. The Morgan fingerprint density at radius 1 is 1.35 bits per heavy atom. The van der Waals surface area contributed by atoms with E-state index in [2.05, 4.69) is 0 Å². The van der Waals surface area contributed by atoms with E-state index in [0.717, 1.165) is 12.8 Å². The highest BCUT2D eigenvalue weighted by Crippen LogP contribution is 2.17. The van der Waals surface area contributed by atoms with E-state index in [1.807, 2.05) is 6.07 Å². The van der Waals surface area contributed by atoms with E-state index < -0.39 is 16.1 Å². The van der Waals surface area contributed by atoms with Crippen LogP contribution in [-0.4, -0.2) is 57.0 Å². The first kappa shape index (κ1) is 12.8. The highest BCUT2D eigenvalue weighted by molar-refractivity contribution is 7.89. The fraction of sp³-hybridized carbons (Fsp3) is 0.900. The van der Waals surface area contributed by atoms with E-state index >= 15 is 0 Å². The van der Waals surface area contributed by atoms with Crippen LogP contribution in [0.1, 0.15) is 12.8 Å². The Labute approximate surface area is 101 Å². The lowest BCUT2D eigenvalue weighted by atomic mass is 10.3. The van der Waals surface area contributed by atoms with Crippen molar-refractivity contribution in [2.75, 3.05) is 32.1 Å². The number of morpholine rings is 1. The first-order chi connectivity index (χ1) is 8.12. The summed E-state index contributed by atoms with van der Waals surface area (Å²) in [7, 11) is -3.33. The van der Waals surface area contributed by atoms with Crippen LogP contribution in [0, 0.1) is 11.3 Å². The number of hydrogen-bond donors (Lipinski definition) is 0. The predicted molar refractivity (Wildman–Crippen MR) is 59.7 cm³/mol. The molecule has 2 aliphatic rings. The predicted octanol–water partition coefficient (Wildman–Crippen LogP) is -0.280. The van der Waals surface area contributed by atoms with Gasteiger partial charge in [0.25, 0.3) is 0 Å². The fourth-order valence-corrected chi connectivity index (χ4v) is 3.73. The molecule has 2 unspecified atom stereocenters. The minimum atomic E-state index is -3.33. The van der Waals surface area contributed by atoms with Crippen molar-refractivity contribution in [3.8, 4) is 6.07 Å². The van der Waals surface area contributed by atoms with E-state index in [-0.39, 0.29) is 25.0 Å². The van der Waals surface area contributed by atoms with Crippen molar-refractivity contribution in [3.63, 3.8) is 0 Å². The monoisotopic (exact) mass is 260 g/mol.